The molecule has 0 aliphatic heterocycles. The Morgan fingerprint density at radius 3 is 2.39 bits per heavy atom. The molecule has 0 bridgehead atoms. The molecule has 128 valence electrons. The van der Waals surface area contributed by atoms with Crippen LogP contribution in [0, 0.1) is 5.92 Å². The summed E-state index contributed by atoms with van der Waals surface area (Å²) in [4.78, 5) is 23.1. The second-order valence-corrected chi connectivity index (χ2v) is 4.72. The fraction of sp³-hybridized carbons (Fsp3) is 0.467. The average molecular weight is 331 g/mol. The predicted molar refractivity (Wildman–Crippen MR) is 76.4 cm³/mol. The summed E-state index contributed by atoms with van der Waals surface area (Å²) in [5.74, 6) is -9.04. The number of esters is 2. The van der Waals surface area contributed by atoms with E-state index < -0.39 is 36.4 Å². The van der Waals surface area contributed by atoms with Gasteiger partial charge < -0.3 is 20.3 Å². The zero-order valence-corrected chi connectivity index (χ0v) is 12.6. The molecule has 6 nitrogen and oxygen atoms in total. The van der Waals surface area contributed by atoms with Crippen molar-refractivity contribution in [2.24, 2.45) is 11.7 Å². The first-order chi connectivity index (χ1) is 10.8. The van der Waals surface area contributed by atoms with Crippen LogP contribution in [0.1, 0.15) is 12.5 Å². The third-order valence-corrected chi connectivity index (χ3v) is 3.08. The SMILES string of the molecule is CCOC(=O)C(F)(F)C(O)C(CN)C(=O)OCc1ccccc1. The zero-order valence-electron chi connectivity index (χ0n) is 12.6. The number of carbonyl (C=O) groups excluding carboxylic acids is 2. The van der Waals surface area contributed by atoms with Crippen molar-refractivity contribution in [1.82, 2.24) is 0 Å². The highest BCUT2D eigenvalue weighted by atomic mass is 19.3. The number of ether oxygens (including phenoxy) is 2. The molecule has 0 aromatic heterocycles. The maximum absolute atomic E-state index is 13.8. The molecule has 0 fully saturated rings. The number of aliphatic hydroxyl groups is 1. The van der Waals surface area contributed by atoms with Crippen LogP contribution < -0.4 is 5.73 Å². The maximum atomic E-state index is 13.8. The lowest BCUT2D eigenvalue weighted by Gasteiger charge is -2.26. The molecule has 0 aliphatic rings. The second-order valence-electron chi connectivity index (χ2n) is 4.72. The van der Waals surface area contributed by atoms with Crippen molar-refractivity contribution in [3.05, 3.63) is 35.9 Å². The van der Waals surface area contributed by atoms with Gasteiger partial charge in [0, 0.05) is 6.54 Å². The Kier molecular flexibility index (Phi) is 7.05. The van der Waals surface area contributed by atoms with E-state index in [2.05, 4.69) is 4.74 Å². The summed E-state index contributed by atoms with van der Waals surface area (Å²) in [6, 6.07) is 8.54. The molecule has 3 N–H and O–H groups in total. The van der Waals surface area contributed by atoms with Gasteiger partial charge in [0.15, 0.2) is 0 Å². The molecule has 23 heavy (non-hydrogen) atoms. The number of rotatable bonds is 8. The predicted octanol–water partition coefficient (Wildman–Crippen LogP) is 0.864. The molecule has 2 atom stereocenters. The smallest absolute Gasteiger partial charge is 0.379 e. The Morgan fingerprint density at radius 2 is 1.87 bits per heavy atom. The van der Waals surface area contributed by atoms with Gasteiger partial charge in [0.1, 0.15) is 18.6 Å². The third-order valence-electron chi connectivity index (χ3n) is 3.08. The maximum Gasteiger partial charge on any atom is 0.379 e. The van der Waals surface area contributed by atoms with Crippen molar-refractivity contribution in [1.29, 1.82) is 0 Å². The van der Waals surface area contributed by atoms with Gasteiger partial charge in [0.2, 0.25) is 0 Å². The third kappa shape index (κ3) is 4.97. The molecule has 0 saturated carbocycles. The summed E-state index contributed by atoms with van der Waals surface area (Å²) in [7, 11) is 0. The molecule has 2 unspecified atom stereocenters. The first-order valence-electron chi connectivity index (χ1n) is 6.98. The van der Waals surface area contributed by atoms with Crippen molar-refractivity contribution in [2.45, 2.75) is 25.6 Å². The lowest BCUT2D eigenvalue weighted by Crippen LogP contribution is -2.51. The summed E-state index contributed by atoms with van der Waals surface area (Å²) in [5, 5.41) is 9.67. The molecule has 0 radical (unpaired) electrons. The lowest BCUT2D eigenvalue weighted by molar-refractivity contribution is -0.197. The van der Waals surface area contributed by atoms with E-state index in [1.54, 1.807) is 30.3 Å². The van der Waals surface area contributed by atoms with E-state index in [0.717, 1.165) is 0 Å². The molecule has 0 saturated heterocycles. The Bertz CT molecular complexity index is 524. The summed E-state index contributed by atoms with van der Waals surface area (Å²) >= 11 is 0. The summed E-state index contributed by atoms with van der Waals surface area (Å²) < 4.78 is 36.6. The van der Waals surface area contributed by atoms with Crippen molar-refractivity contribution < 1.29 is 33.0 Å². The minimum absolute atomic E-state index is 0.159. The van der Waals surface area contributed by atoms with Gasteiger partial charge in [0.05, 0.1) is 6.61 Å². The van der Waals surface area contributed by atoms with E-state index in [4.69, 9.17) is 10.5 Å². The van der Waals surface area contributed by atoms with Gasteiger partial charge in [-0.3, -0.25) is 4.79 Å². The number of halogens is 2. The highest BCUT2D eigenvalue weighted by molar-refractivity contribution is 5.81. The van der Waals surface area contributed by atoms with E-state index >= 15 is 0 Å². The van der Waals surface area contributed by atoms with E-state index in [9.17, 15) is 23.5 Å². The molecule has 8 heteroatoms. The summed E-state index contributed by atoms with van der Waals surface area (Å²) in [5.41, 5.74) is 5.91. The van der Waals surface area contributed by atoms with Crippen molar-refractivity contribution in [2.75, 3.05) is 13.2 Å². The fourth-order valence-corrected chi connectivity index (χ4v) is 1.79. The van der Waals surface area contributed by atoms with E-state index in [1.807, 2.05) is 0 Å². The van der Waals surface area contributed by atoms with E-state index in [0.29, 0.717) is 5.56 Å². The Labute approximate surface area is 132 Å². The Hall–Kier alpha value is -2.06. The van der Waals surface area contributed by atoms with Crippen molar-refractivity contribution >= 4 is 11.9 Å². The Balaban J connectivity index is 2.73. The summed E-state index contributed by atoms with van der Waals surface area (Å²) in [6.07, 6.45) is -2.63. The molecule has 1 aromatic rings. The van der Waals surface area contributed by atoms with Crippen LogP contribution in [0.15, 0.2) is 30.3 Å². The van der Waals surface area contributed by atoms with Crippen molar-refractivity contribution in [3.8, 4) is 0 Å². The van der Waals surface area contributed by atoms with Gasteiger partial charge in [-0.1, -0.05) is 30.3 Å². The first-order valence-corrected chi connectivity index (χ1v) is 6.98. The lowest BCUT2D eigenvalue weighted by atomic mass is 9.97. The van der Waals surface area contributed by atoms with Crippen LogP contribution >= 0.6 is 0 Å². The molecule has 0 spiro atoms. The average Bonchev–Trinajstić information content (AvgIpc) is 2.54. The normalized spacial score (nSPS) is 14.0. The number of carbonyl (C=O) groups is 2. The minimum Gasteiger partial charge on any atom is -0.461 e. The standard InChI is InChI=1S/C15H19F2NO5/c1-2-22-14(21)15(16,17)12(19)11(8-18)13(20)23-9-10-6-4-3-5-7-10/h3-7,11-12,19H,2,8-9,18H2,1H3. The number of hydrogen-bond donors (Lipinski definition) is 2. The number of alkyl halides is 2. The monoisotopic (exact) mass is 331 g/mol. The van der Waals surface area contributed by atoms with Crippen LogP contribution in [0.4, 0.5) is 8.78 Å². The zero-order chi connectivity index (χ0) is 17.5. The highest BCUT2D eigenvalue weighted by Crippen LogP contribution is 2.26. The second kappa shape index (κ2) is 8.54. The molecule has 1 rings (SSSR count). The summed E-state index contributed by atoms with van der Waals surface area (Å²) in [6.45, 7) is 0.291. The van der Waals surface area contributed by atoms with Gasteiger partial charge in [-0.25, -0.2) is 4.79 Å². The largest absolute Gasteiger partial charge is 0.461 e. The van der Waals surface area contributed by atoms with Gasteiger partial charge in [-0.2, -0.15) is 8.78 Å². The van der Waals surface area contributed by atoms with Crippen LogP contribution in [0.5, 0.6) is 0 Å². The molecule has 0 aliphatic carbocycles. The van der Waals surface area contributed by atoms with E-state index in [1.165, 1.54) is 6.92 Å². The highest BCUT2D eigenvalue weighted by Gasteiger charge is 2.53. The van der Waals surface area contributed by atoms with Crippen LogP contribution in [0.25, 0.3) is 0 Å². The number of benzene rings is 1. The van der Waals surface area contributed by atoms with Crippen molar-refractivity contribution in [3.63, 3.8) is 0 Å². The molecule has 0 amide bonds. The number of hydrogen-bond acceptors (Lipinski definition) is 6. The van der Waals surface area contributed by atoms with Gasteiger partial charge in [0.25, 0.3) is 0 Å². The fourth-order valence-electron chi connectivity index (χ4n) is 1.79. The van der Waals surface area contributed by atoms with Crippen LogP contribution in [0.2, 0.25) is 0 Å². The van der Waals surface area contributed by atoms with Crippen LogP contribution in [0.3, 0.4) is 0 Å². The number of nitrogens with two attached hydrogens (primary N) is 1. The molecule has 0 heterocycles. The van der Waals surface area contributed by atoms with Gasteiger partial charge >= 0.3 is 17.9 Å². The quantitative estimate of drug-likeness (QED) is 0.686. The van der Waals surface area contributed by atoms with Gasteiger partial charge in [-0.05, 0) is 12.5 Å². The number of aliphatic hydroxyl groups excluding tert-OH is 1. The van der Waals surface area contributed by atoms with Crippen LogP contribution in [-0.2, 0) is 25.7 Å². The molecular formula is C15H19F2NO5. The first kappa shape index (κ1) is 19.0. The van der Waals surface area contributed by atoms with E-state index in [-0.39, 0.29) is 13.2 Å². The molecule has 1 aromatic carbocycles. The molecular weight excluding hydrogens is 312 g/mol. The topological polar surface area (TPSA) is 98.9 Å². The minimum atomic E-state index is -4.26. The Morgan fingerprint density at radius 1 is 1.26 bits per heavy atom. The van der Waals surface area contributed by atoms with Crippen LogP contribution in [-0.4, -0.2) is 42.2 Å². The van der Waals surface area contributed by atoms with Gasteiger partial charge in [-0.15, -0.1) is 0 Å².